The van der Waals surface area contributed by atoms with E-state index in [-0.39, 0.29) is 140 Å². The van der Waals surface area contributed by atoms with Crippen molar-refractivity contribution in [3.63, 3.8) is 0 Å². The molecule has 0 fully saturated rings. The molecule has 89 heavy (non-hydrogen) atoms. The highest BCUT2D eigenvalue weighted by Crippen LogP contribution is 2.20. The van der Waals surface area contributed by atoms with Crippen LogP contribution in [0.2, 0.25) is 0 Å². The molecular formula is C63H104N6O20. The molecule has 0 spiro atoms. The van der Waals surface area contributed by atoms with E-state index in [2.05, 4.69) is 31.2 Å². The summed E-state index contributed by atoms with van der Waals surface area (Å²) in [5.41, 5.74) is 0.881. The lowest BCUT2D eigenvalue weighted by atomic mass is 9.90. The Bertz CT molecular complexity index is 2210. The van der Waals surface area contributed by atoms with E-state index in [1.54, 1.807) is 19.4 Å². The highest BCUT2D eigenvalue weighted by atomic mass is 16.5. The number of amides is 4. The number of nitrogens with one attached hydrogen (secondary N) is 5. The van der Waals surface area contributed by atoms with E-state index in [1.807, 2.05) is 0 Å². The van der Waals surface area contributed by atoms with Crippen LogP contribution in [-0.4, -0.2) is 179 Å². The zero-order valence-corrected chi connectivity index (χ0v) is 52.6. The van der Waals surface area contributed by atoms with Gasteiger partial charge < -0.3 is 65.6 Å². The summed E-state index contributed by atoms with van der Waals surface area (Å²) < 4.78 is 21.5. The number of Topliss-reactive ketones (excluding diaryl/α,β-unsaturated/α-hetero) is 4. The maximum atomic E-state index is 12.7. The number of hydrogen-bond acceptors (Lipinski definition) is 17. The molecule has 1 aromatic heterocycles. The molecular weight excluding hydrogens is 1160 g/mol. The quantitative estimate of drug-likeness (QED) is 0.0311. The first-order chi connectivity index (χ1) is 42.8. The molecule has 0 aromatic carbocycles. The summed E-state index contributed by atoms with van der Waals surface area (Å²) in [5, 5.41) is 47.8. The molecule has 0 aliphatic carbocycles. The summed E-state index contributed by atoms with van der Waals surface area (Å²) in [6, 6.07) is -2.61. The highest BCUT2D eigenvalue weighted by molar-refractivity contribution is 5.87. The Kier molecular flexibility index (Phi) is 48.2. The highest BCUT2D eigenvalue weighted by Gasteiger charge is 2.26. The maximum Gasteiger partial charge on any atom is 0.326 e. The molecule has 4 atom stereocenters. The van der Waals surface area contributed by atoms with E-state index in [4.69, 9.17) is 24.1 Å². The Morgan fingerprint density at radius 3 is 1.53 bits per heavy atom. The third-order valence-corrected chi connectivity index (χ3v) is 14.9. The number of H-pyrrole nitrogens is 1. The molecule has 1 rings (SSSR count). The summed E-state index contributed by atoms with van der Waals surface area (Å²) in [7, 11) is 0. The average molecular weight is 1270 g/mol. The van der Waals surface area contributed by atoms with Crippen LogP contribution >= 0.6 is 0 Å². The average Bonchev–Trinajstić information content (AvgIpc) is 4.18. The smallest absolute Gasteiger partial charge is 0.326 e. The van der Waals surface area contributed by atoms with Crippen LogP contribution in [-0.2, 0) is 82.9 Å². The van der Waals surface area contributed by atoms with Crippen LogP contribution in [0.5, 0.6) is 0 Å². The molecule has 0 saturated carbocycles. The lowest BCUT2D eigenvalue weighted by molar-refractivity contribution is -0.145. The number of carboxylic acids is 4. The van der Waals surface area contributed by atoms with Crippen LogP contribution in [0.4, 0.5) is 0 Å². The summed E-state index contributed by atoms with van der Waals surface area (Å²) >= 11 is 0. The molecule has 0 saturated heterocycles. The summed E-state index contributed by atoms with van der Waals surface area (Å²) in [4.78, 5) is 152. The van der Waals surface area contributed by atoms with Gasteiger partial charge in [-0.3, -0.25) is 47.9 Å². The van der Waals surface area contributed by atoms with Gasteiger partial charge in [0.15, 0.2) is 5.78 Å². The van der Waals surface area contributed by atoms with E-state index in [1.165, 1.54) is 25.7 Å². The molecule has 0 aliphatic rings. The van der Waals surface area contributed by atoms with E-state index >= 15 is 0 Å². The molecule has 1 aromatic rings. The fourth-order valence-corrected chi connectivity index (χ4v) is 9.60. The van der Waals surface area contributed by atoms with Gasteiger partial charge in [0.1, 0.15) is 42.6 Å². The minimum absolute atomic E-state index is 0.0260. The number of ether oxygens (including phenoxy) is 4. The van der Waals surface area contributed by atoms with Gasteiger partial charge in [-0.25, -0.2) is 14.6 Å². The second-order valence-electron chi connectivity index (χ2n) is 22.5. The largest absolute Gasteiger partial charge is 0.481 e. The first kappa shape index (κ1) is 80.5. The number of carbonyl (C=O) groups excluding carboxylic acids is 8. The van der Waals surface area contributed by atoms with Gasteiger partial charge in [0.05, 0.1) is 45.3 Å². The third kappa shape index (κ3) is 47.2. The standard InChI is InChI=1S/C63H104N6O20/c1-2-55(73)47(24-27-50(70)28-26-49-43-64-46-67-49)20-17-18-34-65-57(75)33-31-54(63(84)85)69-59(77)45-89-41-38-86-36-19-21-52(72)44-88-40-39-87-37-35-66-56(74)32-25-48(61(80)81)42-51(71)29-30-53(62(82)83)68-58(76)22-15-13-11-9-7-5-3-4-6-8-10-12-14-16-23-60(78)79/h43,46-48,53-54H,2-42,44-45H2,1H3,(H,64,67)(H,65,75)(H,66,74)(H,68,76)(H,69,77)(H,78,79)(H,80,81)(H,82,83)(H,84,85)/t47-,48-,53+,54+/m1/s1. The fourth-order valence-electron chi connectivity index (χ4n) is 9.60. The first-order valence-electron chi connectivity index (χ1n) is 32.2. The van der Waals surface area contributed by atoms with Crippen molar-refractivity contribution in [1.29, 1.82) is 0 Å². The van der Waals surface area contributed by atoms with E-state index in [9.17, 15) is 72.9 Å². The van der Waals surface area contributed by atoms with Gasteiger partial charge in [-0.1, -0.05) is 90.4 Å². The molecule has 0 aliphatic heterocycles. The molecule has 4 amide bonds. The van der Waals surface area contributed by atoms with E-state index in [0.717, 1.165) is 63.5 Å². The summed E-state index contributed by atoms with van der Waals surface area (Å²) in [6.07, 6.45) is 21.2. The molecule has 0 radical (unpaired) electrons. The minimum Gasteiger partial charge on any atom is -0.481 e. The Morgan fingerprint density at radius 2 is 0.955 bits per heavy atom. The number of aryl methyl sites for hydroxylation is 1. The molecule has 0 unspecified atom stereocenters. The van der Waals surface area contributed by atoms with Crippen LogP contribution < -0.4 is 21.3 Å². The first-order valence-corrected chi connectivity index (χ1v) is 32.2. The van der Waals surface area contributed by atoms with Crippen LogP contribution in [0.3, 0.4) is 0 Å². The second-order valence-corrected chi connectivity index (χ2v) is 22.5. The molecule has 0 bridgehead atoms. The number of rotatable bonds is 63. The Hall–Kier alpha value is -6.51. The lowest BCUT2D eigenvalue weighted by Gasteiger charge is -2.15. The van der Waals surface area contributed by atoms with Crippen molar-refractivity contribution in [3.05, 3.63) is 18.2 Å². The molecule has 26 nitrogen and oxygen atoms in total. The minimum atomic E-state index is -1.31. The SMILES string of the molecule is CCC(=O)[C@H](CCCCNC(=O)CC[C@H](NC(=O)COCCOCCCC(=O)COCCOCCNC(=O)CC[C@H](CC(=O)CC[C@H](NC(=O)CCCCCCCCCCCCCCCCC(=O)O)C(=O)O)C(=O)O)C(=O)O)CCC(=O)CCc1cnc[nH]1. The third-order valence-electron chi connectivity index (χ3n) is 14.9. The normalized spacial score (nSPS) is 12.5. The van der Waals surface area contributed by atoms with Crippen molar-refractivity contribution < 1.29 is 96.9 Å². The van der Waals surface area contributed by atoms with Crippen LogP contribution in [0, 0.1) is 11.8 Å². The number of hydrogen-bond donors (Lipinski definition) is 9. The van der Waals surface area contributed by atoms with Crippen molar-refractivity contribution >= 4 is 70.6 Å². The molecule has 506 valence electrons. The second kappa shape index (κ2) is 53.3. The van der Waals surface area contributed by atoms with E-state index < -0.39 is 78.4 Å². The van der Waals surface area contributed by atoms with Crippen molar-refractivity contribution in [3.8, 4) is 0 Å². The topological polar surface area (TPSA) is 399 Å². The summed E-state index contributed by atoms with van der Waals surface area (Å²) in [6.45, 7) is 2.37. The number of imidazole rings is 1. The monoisotopic (exact) mass is 1260 g/mol. The van der Waals surface area contributed by atoms with Crippen molar-refractivity contribution in [1.82, 2.24) is 31.2 Å². The van der Waals surface area contributed by atoms with Gasteiger partial charge in [0.2, 0.25) is 23.6 Å². The number of aromatic nitrogens is 2. The van der Waals surface area contributed by atoms with Crippen molar-refractivity contribution in [2.24, 2.45) is 11.8 Å². The van der Waals surface area contributed by atoms with Gasteiger partial charge >= 0.3 is 23.9 Å². The Labute approximate surface area is 524 Å². The Balaban J connectivity index is 2.08. The van der Waals surface area contributed by atoms with E-state index in [0.29, 0.717) is 70.8 Å². The van der Waals surface area contributed by atoms with Crippen LogP contribution in [0.15, 0.2) is 12.5 Å². The van der Waals surface area contributed by atoms with Crippen molar-refractivity contribution in [2.45, 2.75) is 231 Å². The Morgan fingerprint density at radius 1 is 0.438 bits per heavy atom. The predicted molar refractivity (Wildman–Crippen MR) is 326 cm³/mol. The number of unbranched alkanes of at least 4 members (excludes halogenated alkanes) is 14. The van der Waals surface area contributed by atoms with Crippen molar-refractivity contribution in [2.75, 3.05) is 65.9 Å². The van der Waals surface area contributed by atoms with Gasteiger partial charge in [0, 0.05) is 102 Å². The maximum absolute atomic E-state index is 12.7. The zero-order valence-electron chi connectivity index (χ0n) is 52.6. The van der Waals surface area contributed by atoms with Crippen LogP contribution in [0.25, 0.3) is 0 Å². The molecule has 1 heterocycles. The molecule has 9 N–H and O–H groups in total. The van der Waals surface area contributed by atoms with Crippen LogP contribution in [0.1, 0.15) is 218 Å². The van der Waals surface area contributed by atoms with Gasteiger partial charge in [-0.2, -0.15) is 0 Å². The van der Waals surface area contributed by atoms with Gasteiger partial charge in [-0.05, 0) is 64.2 Å². The fraction of sp³-hybridized carbons (Fsp3) is 0.762. The molecule has 26 heteroatoms. The number of aliphatic carboxylic acids is 4. The van der Waals surface area contributed by atoms with Gasteiger partial charge in [-0.15, -0.1) is 0 Å². The van der Waals surface area contributed by atoms with Gasteiger partial charge in [0.25, 0.3) is 0 Å². The predicted octanol–water partition coefficient (Wildman–Crippen LogP) is 6.57. The number of carboxylic acid groups (broad SMARTS) is 4. The number of nitrogens with zero attached hydrogens (tertiary/aromatic N) is 1. The lowest BCUT2D eigenvalue weighted by Crippen LogP contribution is -2.43. The zero-order chi connectivity index (χ0) is 65.7. The number of ketones is 4. The summed E-state index contributed by atoms with van der Waals surface area (Å²) in [5.74, 6) is -8.42. The number of carbonyl (C=O) groups is 12. The number of aromatic amines is 1.